The molecule has 18 heavy (non-hydrogen) atoms. The van der Waals surface area contributed by atoms with E-state index >= 15 is 0 Å². The lowest BCUT2D eigenvalue weighted by atomic mass is 10.0. The van der Waals surface area contributed by atoms with Gasteiger partial charge in [-0.1, -0.05) is 36.4 Å². The molecule has 92 valence electrons. The van der Waals surface area contributed by atoms with Gasteiger partial charge in [-0.25, -0.2) is 0 Å². The van der Waals surface area contributed by atoms with E-state index in [1.54, 1.807) is 18.2 Å². The molecule has 0 bridgehead atoms. The Bertz CT molecular complexity index is 590. The predicted molar refractivity (Wildman–Crippen MR) is 72.8 cm³/mol. The SMILES string of the molecule is C=CCCNC(=O)c1ccc2ccccc2c1O. The summed E-state index contributed by atoms with van der Waals surface area (Å²) in [6.45, 7) is 4.11. The van der Waals surface area contributed by atoms with Crippen LogP contribution in [0.2, 0.25) is 0 Å². The van der Waals surface area contributed by atoms with Crippen LogP contribution in [0, 0.1) is 0 Å². The summed E-state index contributed by atoms with van der Waals surface area (Å²) < 4.78 is 0. The number of hydrogen-bond donors (Lipinski definition) is 2. The van der Waals surface area contributed by atoms with Crippen molar-refractivity contribution in [3.05, 3.63) is 54.6 Å². The maximum Gasteiger partial charge on any atom is 0.255 e. The van der Waals surface area contributed by atoms with Crippen LogP contribution < -0.4 is 5.32 Å². The molecule has 1 amide bonds. The summed E-state index contributed by atoms with van der Waals surface area (Å²) >= 11 is 0. The molecule has 3 heteroatoms. The molecule has 0 atom stereocenters. The Kier molecular flexibility index (Phi) is 3.63. The second-order valence-electron chi connectivity index (χ2n) is 4.02. The summed E-state index contributed by atoms with van der Waals surface area (Å²) in [5, 5.41) is 14.4. The second kappa shape index (κ2) is 5.36. The Labute approximate surface area is 106 Å². The number of amides is 1. The molecule has 0 aliphatic carbocycles. The van der Waals surface area contributed by atoms with Crippen LogP contribution in [0.25, 0.3) is 10.8 Å². The lowest BCUT2D eigenvalue weighted by Crippen LogP contribution is -2.24. The zero-order valence-corrected chi connectivity index (χ0v) is 10.0. The highest BCUT2D eigenvalue weighted by Crippen LogP contribution is 2.28. The fourth-order valence-corrected chi connectivity index (χ4v) is 1.82. The molecule has 0 saturated heterocycles. The smallest absolute Gasteiger partial charge is 0.255 e. The Morgan fingerprint density at radius 1 is 1.28 bits per heavy atom. The van der Waals surface area contributed by atoms with Gasteiger partial charge in [0.15, 0.2) is 0 Å². The van der Waals surface area contributed by atoms with E-state index in [1.165, 1.54) is 0 Å². The monoisotopic (exact) mass is 241 g/mol. The van der Waals surface area contributed by atoms with Gasteiger partial charge in [0.05, 0.1) is 5.56 Å². The van der Waals surface area contributed by atoms with Gasteiger partial charge in [-0.2, -0.15) is 0 Å². The highest BCUT2D eigenvalue weighted by Gasteiger charge is 2.12. The summed E-state index contributed by atoms with van der Waals surface area (Å²) in [7, 11) is 0. The molecule has 0 aromatic heterocycles. The highest BCUT2D eigenvalue weighted by molar-refractivity contribution is 6.03. The van der Waals surface area contributed by atoms with Crippen LogP contribution in [-0.2, 0) is 0 Å². The van der Waals surface area contributed by atoms with Crippen molar-refractivity contribution >= 4 is 16.7 Å². The molecule has 0 fully saturated rings. The number of phenols is 1. The first-order valence-corrected chi connectivity index (χ1v) is 5.84. The molecule has 0 radical (unpaired) electrons. The van der Waals surface area contributed by atoms with Gasteiger partial charge in [-0.15, -0.1) is 6.58 Å². The van der Waals surface area contributed by atoms with E-state index in [4.69, 9.17) is 0 Å². The zero-order chi connectivity index (χ0) is 13.0. The highest BCUT2D eigenvalue weighted by atomic mass is 16.3. The van der Waals surface area contributed by atoms with Crippen LogP contribution in [0.3, 0.4) is 0 Å². The van der Waals surface area contributed by atoms with Gasteiger partial charge in [-0.3, -0.25) is 4.79 Å². The van der Waals surface area contributed by atoms with Crippen molar-refractivity contribution in [3.63, 3.8) is 0 Å². The van der Waals surface area contributed by atoms with Crippen molar-refractivity contribution in [2.24, 2.45) is 0 Å². The van der Waals surface area contributed by atoms with Crippen LogP contribution in [0.5, 0.6) is 5.75 Å². The van der Waals surface area contributed by atoms with Crippen LogP contribution in [0.15, 0.2) is 49.1 Å². The third-order valence-electron chi connectivity index (χ3n) is 2.78. The number of nitrogens with one attached hydrogen (secondary N) is 1. The first-order chi connectivity index (χ1) is 8.74. The molecule has 0 heterocycles. The van der Waals surface area contributed by atoms with Crippen LogP contribution in [0.1, 0.15) is 16.8 Å². The Hall–Kier alpha value is -2.29. The summed E-state index contributed by atoms with van der Waals surface area (Å²) in [6.07, 6.45) is 2.45. The average Bonchev–Trinajstić information content (AvgIpc) is 2.39. The van der Waals surface area contributed by atoms with Gasteiger partial charge in [-0.05, 0) is 17.9 Å². The molecule has 2 aromatic rings. The summed E-state index contributed by atoms with van der Waals surface area (Å²) in [4.78, 5) is 11.9. The maximum atomic E-state index is 11.9. The zero-order valence-electron chi connectivity index (χ0n) is 10.0. The number of fused-ring (bicyclic) bond motifs is 1. The number of rotatable bonds is 4. The fraction of sp³-hybridized carbons (Fsp3) is 0.133. The van der Waals surface area contributed by atoms with E-state index < -0.39 is 0 Å². The molecule has 2 aromatic carbocycles. The maximum absolute atomic E-state index is 11.9. The van der Waals surface area contributed by atoms with Crippen LogP contribution >= 0.6 is 0 Å². The third-order valence-corrected chi connectivity index (χ3v) is 2.78. The number of carbonyl (C=O) groups excluding carboxylic acids is 1. The van der Waals surface area contributed by atoms with E-state index in [0.29, 0.717) is 23.9 Å². The van der Waals surface area contributed by atoms with Crippen molar-refractivity contribution in [2.45, 2.75) is 6.42 Å². The molecule has 0 unspecified atom stereocenters. The van der Waals surface area contributed by atoms with Crippen molar-refractivity contribution < 1.29 is 9.90 Å². The first kappa shape index (κ1) is 12.2. The van der Waals surface area contributed by atoms with Crippen molar-refractivity contribution in [2.75, 3.05) is 6.54 Å². The molecule has 0 aliphatic heterocycles. The van der Waals surface area contributed by atoms with Gasteiger partial charge in [0.25, 0.3) is 5.91 Å². The topological polar surface area (TPSA) is 49.3 Å². The molecular weight excluding hydrogens is 226 g/mol. The Balaban J connectivity index is 2.31. The van der Waals surface area contributed by atoms with Crippen LogP contribution in [-0.4, -0.2) is 17.6 Å². The molecule has 0 saturated carbocycles. The van der Waals surface area contributed by atoms with E-state index in [0.717, 1.165) is 5.39 Å². The molecule has 3 nitrogen and oxygen atoms in total. The van der Waals surface area contributed by atoms with Crippen molar-refractivity contribution in [3.8, 4) is 5.75 Å². The van der Waals surface area contributed by atoms with Crippen molar-refractivity contribution in [1.29, 1.82) is 0 Å². The molecule has 2 rings (SSSR count). The number of hydrogen-bond acceptors (Lipinski definition) is 2. The lowest BCUT2D eigenvalue weighted by molar-refractivity contribution is 0.0952. The normalized spacial score (nSPS) is 10.2. The number of phenolic OH excluding ortho intramolecular Hbond substituents is 1. The standard InChI is InChI=1S/C15H15NO2/c1-2-3-10-16-15(18)13-9-8-11-6-4-5-7-12(11)14(13)17/h2,4-9,17H,1,3,10H2,(H,16,18). The summed E-state index contributed by atoms with van der Waals surface area (Å²) in [5.41, 5.74) is 0.303. The molecular formula is C15H15NO2. The van der Waals surface area contributed by atoms with E-state index in [1.807, 2.05) is 24.3 Å². The first-order valence-electron chi connectivity index (χ1n) is 5.84. The van der Waals surface area contributed by atoms with Gasteiger partial charge < -0.3 is 10.4 Å². The largest absolute Gasteiger partial charge is 0.506 e. The van der Waals surface area contributed by atoms with Gasteiger partial charge >= 0.3 is 0 Å². The van der Waals surface area contributed by atoms with Gasteiger partial charge in [0.1, 0.15) is 5.75 Å². The number of carbonyl (C=O) groups is 1. The van der Waals surface area contributed by atoms with E-state index in [2.05, 4.69) is 11.9 Å². The minimum Gasteiger partial charge on any atom is -0.506 e. The number of aromatic hydroxyl groups is 1. The number of benzene rings is 2. The summed E-state index contributed by atoms with van der Waals surface area (Å²) in [5.74, 6) is -0.232. The minimum atomic E-state index is -0.264. The third kappa shape index (κ3) is 2.35. The summed E-state index contributed by atoms with van der Waals surface area (Å²) in [6, 6.07) is 10.9. The lowest BCUT2D eigenvalue weighted by Gasteiger charge is -2.08. The van der Waals surface area contributed by atoms with Gasteiger partial charge in [0.2, 0.25) is 0 Å². The molecule has 2 N–H and O–H groups in total. The van der Waals surface area contributed by atoms with E-state index in [-0.39, 0.29) is 11.7 Å². The second-order valence-corrected chi connectivity index (χ2v) is 4.02. The predicted octanol–water partition coefficient (Wildman–Crippen LogP) is 2.85. The van der Waals surface area contributed by atoms with Crippen LogP contribution in [0.4, 0.5) is 0 Å². The Morgan fingerprint density at radius 3 is 2.83 bits per heavy atom. The average molecular weight is 241 g/mol. The fourth-order valence-electron chi connectivity index (χ4n) is 1.82. The van der Waals surface area contributed by atoms with E-state index in [9.17, 15) is 9.90 Å². The quantitative estimate of drug-likeness (QED) is 0.638. The molecule has 0 aliphatic rings. The Morgan fingerprint density at radius 2 is 2.06 bits per heavy atom. The van der Waals surface area contributed by atoms with Gasteiger partial charge in [0, 0.05) is 11.9 Å². The molecule has 0 spiro atoms. The van der Waals surface area contributed by atoms with Crippen molar-refractivity contribution in [1.82, 2.24) is 5.32 Å². The minimum absolute atomic E-state index is 0.0317.